The fourth-order valence-corrected chi connectivity index (χ4v) is 2.72. The van der Waals surface area contributed by atoms with Crippen LogP contribution in [0.15, 0.2) is 12.1 Å². The molecule has 1 heterocycles. The molecule has 1 unspecified atom stereocenters. The third kappa shape index (κ3) is 2.58. The Morgan fingerprint density at radius 2 is 2.30 bits per heavy atom. The van der Waals surface area contributed by atoms with Crippen LogP contribution < -0.4 is 15.5 Å². The highest BCUT2D eigenvalue weighted by molar-refractivity contribution is 6.33. The van der Waals surface area contributed by atoms with Crippen LogP contribution in [0.25, 0.3) is 0 Å². The van der Waals surface area contributed by atoms with Gasteiger partial charge in [0, 0.05) is 24.3 Å². The maximum absolute atomic E-state index is 11.8. The number of anilines is 2. The molecule has 0 fully saturated rings. The molecular formula is C14H17ClN4O. The third-order valence-electron chi connectivity index (χ3n) is 3.45. The Kier molecular flexibility index (Phi) is 4.48. The second-order valence-corrected chi connectivity index (χ2v) is 5.00. The van der Waals surface area contributed by atoms with Gasteiger partial charge in [-0.2, -0.15) is 5.26 Å². The molecule has 0 saturated carbocycles. The lowest BCUT2D eigenvalue weighted by atomic mass is 10.1. The normalized spacial score (nSPS) is 16.5. The van der Waals surface area contributed by atoms with Crippen LogP contribution in [0.1, 0.15) is 24.9 Å². The van der Waals surface area contributed by atoms with Crippen LogP contribution in [0.3, 0.4) is 0 Å². The lowest BCUT2D eigenvalue weighted by Crippen LogP contribution is -2.24. The smallest absolute Gasteiger partial charge is 0.246 e. The number of likely N-dealkylation sites (N-methyl/N-ethyl adjacent to an activating group) is 1. The van der Waals surface area contributed by atoms with Crippen molar-refractivity contribution < 1.29 is 4.79 Å². The van der Waals surface area contributed by atoms with Crippen molar-refractivity contribution in [3.05, 3.63) is 22.7 Å². The van der Waals surface area contributed by atoms with E-state index in [9.17, 15) is 4.79 Å². The van der Waals surface area contributed by atoms with Gasteiger partial charge in [0.25, 0.3) is 0 Å². The Bertz CT molecular complexity index is 567. The molecule has 1 aromatic carbocycles. The van der Waals surface area contributed by atoms with Gasteiger partial charge in [0.15, 0.2) is 0 Å². The van der Waals surface area contributed by atoms with E-state index in [2.05, 4.69) is 16.7 Å². The predicted molar refractivity (Wildman–Crippen MR) is 80.0 cm³/mol. The molecule has 1 amide bonds. The molecule has 0 radical (unpaired) electrons. The highest BCUT2D eigenvalue weighted by atomic mass is 35.5. The van der Waals surface area contributed by atoms with Crippen LogP contribution in [-0.4, -0.2) is 26.0 Å². The van der Waals surface area contributed by atoms with E-state index in [0.717, 1.165) is 23.5 Å². The molecule has 0 spiro atoms. The van der Waals surface area contributed by atoms with Crippen LogP contribution in [-0.2, 0) is 4.79 Å². The molecule has 0 saturated heterocycles. The lowest BCUT2D eigenvalue weighted by Gasteiger charge is -2.24. The maximum Gasteiger partial charge on any atom is 0.246 e. The summed E-state index contributed by atoms with van der Waals surface area (Å²) in [7, 11) is 1.74. The monoisotopic (exact) mass is 292 g/mol. The molecule has 0 bridgehead atoms. The van der Waals surface area contributed by atoms with E-state index >= 15 is 0 Å². The first-order valence-corrected chi connectivity index (χ1v) is 6.93. The van der Waals surface area contributed by atoms with Crippen molar-refractivity contribution in [3.63, 3.8) is 0 Å². The molecule has 2 N–H and O–H groups in total. The van der Waals surface area contributed by atoms with Gasteiger partial charge in [-0.05, 0) is 26.1 Å². The molecule has 20 heavy (non-hydrogen) atoms. The number of carbonyl (C=O) groups is 1. The zero-order valence-electron chi connectivity index (χ0n) is 11.5. The van der Waals surface area contributed by atoms with Gasteiger partial charge in [0.1, 0.15) is 6.04 Å². The molecule has 6 heteroatoms. The standard InChI is InChI=1S/C14H17ClN4O/c1-3-19(6-4-5-16)12-8-11-9(7-10(12)15)13(17-2)14(20)18-11/h7-8,13,17H,3-4,6H2,1-2H3,(H,18,20). The summed E-state index contributed by atoms with van der Waals surface area (Å²) in [5, 5.41) is 15.1. The number of rotatable bonds is 5. The van der Waals surface area contributed by atoms with Gasteiger partial charge in [-0.1, -0.05) is 11.6 Å². The van der Waals surface area contributed by atoms with E-state index in [-0.39, 0.29) is 11.9 Å². The van der Waals surface area contributed by atoms with Gasteiger partial charge in [-0.25, -0.2) is 0 Å². The fraction of sp³-hybridized carbons (Fsp3) is 0.429. The molecule has 1 aromatic rings. The number of hydrogen-bond acceptors (Lipinski definition) is 4. The molecule has 2 rings (SSSR count). The molecule has 5 nitrogen and oxygen atoms in total. The molecule has 1 atom stereocenters. The minimum absolute atomic E-state index is 0.0733. The van der Waals surface area contributed by atoms with Crippen molar-refractivity contribution in [1.82, 2.24) is 5.32 Å². The van der Waals surface area contributed by atoms with Gasteiger partial charge in [-0.3, -0.25) is 4.79 Å². The number of nitriles is 1. The molecular weight excluding hydrogens is 276 g/mol. The molecule has 1 aliphatic rings. The first-order chi connectivity index (χ1) is 9.62. The second-order valence-electron chi connectivity index (χ2n) is 4.59. The zero-order valence-corrected chi connectivity index (χ0v) is 12.3. The number of fused-ring (bicyclic) bond motifs is 1. The molecule has 0 aliphatic carbocycles. The quantitative estimate of drug-likeness (QED) is 0.874. The van der Waals surface area contributed by atoms with E-state index in [1.165, 1.54) is 0 Å². The Labute approximate surface area is 123 Å². The van der Waals surface area contributed by atoms with E-state index in [0.29, 0.717) is 18.0 Å². The first kappa shape index (κ1) is 14.6. The van der Waals surface area contributed by atoms with E-state index < -0.39 is 0 Å². The number of nitrogens with zero attached hydrogens (tertiary/aromatic N) is 2. The Balaban J connectivity index is 2.36. The van der Waals surface area contributed by atoms with Crippen LogP contribution in [0.4, 0.5) is 11.4 Å². The van der Waals surface area contributed by atoms with Crippen molar-refractivity contribution in [3.8, 4) is 6.07 Å². The Morgan fingerprint density at radius 1 is 1.55 bits per heavy atom. The van der Waals surface area contributed by atoms with Gasteiger partial charge in [-0.15, -0.1) is 0 Å². The summed E-state index contributed by atoms with van der Waals surface area (Å²) in [6, 6.07) is 5.48. The van der Waals surface area contributed by atoms with Gasteiger partial charge >= 0.3 is 0 Å². The summed E-state index contributed by atoms with van der Waals surface area (Å²) in [4.78, 5) is 13.9. The Hall–Kier alpha value is -1.77. The Morgan fingerprint density at radius 3 is 2.90 bits per heavy atom. The topological polar surface area (TPSA) is 68.2 Å². The molecule has 0 aromatic heterocycles. The second kappa shape index (κ2) is 6.12. The van der Waals surface area contributed by atoms with Crippen molar-refractivity contribution in [2.75, 3.05) is 30.4 Å². The summed E-state index contributed by atoms with van der Waals surface area (Å²) in [5.74, 6) is -0.0733. The molecule has 1 aliphatic heterocycles. The fourth-order valence-electron chi connectivity index (χ4n) is 2.43. The van der Waals surface area contributed by atoms with Gasteiger partial charge in [0.2, 0.25) is 5.91 Å². The third-order valence-corrected chi connectivity index (χ3v) is 3.76. The van der Waals surface area contributed by atoms with Crippen molar-refractivity contribution in [2.24, 2.45) is 0 Å². The van der Waals surface area contributed by atoms with Crippen molar-refractivity contribution in [1.29, 1.82) is 5.26 Å². The largest absolute Gasteiger partial charge is 0.370 e. The summed E-state index contributed by atoms with van der Waals surface area (Å²) in [5.41, 5.74) is 2.49. The van der Waals surface area contributed by atoms with Crippen LogP contribution in [0.5, 0.6) is 0 Å². The lowest BCUT2D eigenvalue weighted by molar-refractivity contribution is -0.117. The number of halogens is 1. The van der Waals surface area contributed by atoms with Gasteiger partial charge in [0.05, 0.1) is 23.2 Å². The summed E-state index contributed by atoms with van der Waals surface area (Å²) in [6.07, 6.45) is 0.437. The number of benzene rings is 1. The SMILES string of the molecule is CCN(CCC#N)c1cc2c(cc1Cl)C(NC)C(=O)N2. The number of nitrogens with one attached hydrogen (secondary N) is 2. The average Bonchev–Trinajstić information content (AvgIpc) is 2.74. The van der Waals surface area contributed by atoms with E-state index in [1.807, 2.05) is 24.0 Å². The zero-order chi connectivity index (χ0) is 14.7. The summed E-state index contributed by atoms with van der Waals surface area (Å²) < 4.78 is 0. The maximum atomic E-state index is 11.8. The summed E-state index contributed by atoms with van der Waals surface area (Å²) in [6.45, 7) is 3.38. The van der Waals surface area contributed by atoms with E-state index in [1.54, 1.807) is 7.05 Å². The van der Waals surface area contributed by atoms with E-state index in [4.69, 9.17) is 16.9 Å². The van der Waals surface area contributed by atoms with Crippen molar-refractivity contribution >= 4 is 28.9 Å². The van der Waals surface area contributed by atoms with Crippen LogP contribution in [0.2, 0.25) is 5.02 Å². The minimum Gasteiger partial charge on any atom is -0.370 e. The number of carbonyl (C=O) groups excluding carboxylic acids is 1. The predicted octanol–water partition coefficient (Wildman–Crippen LogP) is 2.29. The highest BCUT2D eigenvalue weighted by Gasteiger charge is 2.30. The molecule has 106 valence electrons. The number of hydrogen-bond donors (Lipinski definition) is 2. The minimum atomic E-state index is -0.356. The van der Waals surface area contributed by atoms with Gasteiger partial charge < -0.3 is 15.5 Å². The van der Waals surface area contributed by atoms with Crippen molar-refractivity contribution in [2.45, 2.75) is 19.4 Å². The number of amides is 1. The highest BCUT2D eigenvalue weighted by Crippen LogP contribution is 2.38. The first-order valence-electron chi connectivity index (χ1n) is 6.55. The average molecular weight is 293 g/mol. The van der Waals surface area contributed by atoms with Crippen LogP contribution >= 0.6 is 11.6 Å². The van der Waals surface area contributed by atoms with Crippen LogP contribution in [0, 0.1) is 11.3 Å². The summed E-state index contributed by atoms with van der Waals surface area (Å²) >= 11 is 6.34.